The molecule has 0 bridgehead atoms. The molecule has 0 radical (unpaired) electrons. The molecule has 0 spiro atoms. The number of non-ortho nitro benzene ring substituents is 2. The van der Waals surface area contributed by atoms with Crippen LogP contribution in [0.25, 0.3) is 43.6 Å². The minimum atomic E-state index is -0.407. The minimum Gasteiger partial charge on any atom is -0.464 e. The van der Waals surface area contributed by atoms with Crippen molar-refractivity contribution in [1.82, 2.24) is 9.97 Å². The Morgan fingerprint density at radius 2 is 1.16 bits per heavy atom. The van der Waals surface area contributed by atoms with Crippen molar-refractivity contribution in [2.24, 2.45) is 0 Å². The third kappa shape index (κ3) is 7.68. The molecule has 2 heterocycles. The summed E-state index contributed by atoms with van der Waals surface area (Å²) in [6, 6.07) is 21.6. The van der Waals surface area contributed by atoms with Crippen molar-refractivity contribution < 1.29 is 24.1 Å². The molecule has 0 aliphatic rings. The number of hydrogen-bond donors (Lipinski definition) is 2. The first kappa shape index (κ1) is 35.4. The van der Waals surface area contributed by atoms with E-state index in [2.05, 4.69) is 27.5 Å². The number of hydrogen-bond acceptors (Lipinski definition) is 11. The maximum Gasteiger partial charge on any atom is 0.302 e. The van der Waals surface area contributed by atoms with Crippen molar-refractivity contribution in [1.29, 1.82) is 0 Å². The highest BCUT2D eigenvalue weighted by Crippen LogP contribution is 2.39. The van der Waals surface area contributed by atoms with Gasteiger partial charge in [-0.3, -0.25) is 25.0 Å². The third-order valence-corrected chi connectivity index (χ3v) is 8.03. The smallest absolute Gasteiger partial charge is 0.302 e. The lowest BCUT2D eigenvalue weighted by Crippen LogP contribution is -2.12. The normalized spacial score (nSPS) is 11.0. The van der Waals surface area contributed by atoms with Gasteiger partial charge in [0.1, 0.15) is 17.4 Å². The number of esters is 1. The van der Waals surface area contributed by atoms with Crippen LogP contribution in [0.5, 0.6) is 0 Å². The van der Waals surface area contributed by atoms with Gasteiger partial charge in [0.2, 0.25) is 0 Å². The number of para-hydroxylation sites is 2. The van der Waals surface area contributed by atoms with E-state index in [4.69, 9.17) is 9.47 Å². The summed E-state index contributed by atoms with van der Waals surface area (Å²) in [6.45, 7) is 9.53. The fraction of sp³-hybridized carbons (Fsp3) is 0.270. The summed E-state index contributed by atoms with van der Waals surface area (Å²) in [6.07, 6.45) is 0.964. The number of aromatic nitrogens is 2. The topological polar surface area (TPSA) is 172 Å². The Bertz CT molecular complexity index is 2220. The van der Waals surface area contributed by atoms with Crippen LogP contribution in [0.1, 0.15) is 31.4 Å². The molecule has 13 heteroatoms. The molecule has 6 rings (SSSR count). The molecule has 6 aromatic rings. The summed E-state index contributed by atoms with van der Waals surface area (Å²) < 4.78 is 10.5. The quantitative estimate of drug-likeness (QED) is 0.0422. The van der Waals surface area contributed by atoms with Gasteiger partial charge in [0.25, 0.3) is 11.4 Å². The Hall–Kier alpha value is -5.95. The average Bonchev–Trinajstić information content (AvgIpc) is 3.10. The van der Waals surface area contributed by atoms with E-state index in [0.29, 0.717) is 53.8 Å². The van der Waals surface area contributed by atoms with E-state index < -0.39 is 4.92 Å². The standard InChI is InChI=1S/C19H21N3O3.C18H17N3O4/c1-3-11-25-12-10-20-19-14-6-4-5-7-15(14)21-18-13(2)8-9-16(17(18)19)22(23)24;1-11-7-8-15(21(23)24)16-17(11)20-14-6-4-3-5-13(14)18(16)19-9-10-25-12(2)22/h4-9H,3,10-12H2,1-2H3,(H,20,21);3-8H,9-10H2,1-2H3,(H,19,20). The molecule has 0 amide bonds. The largest absolute Gasteiger partial charge is 0.464 e. The van der Waals surface area contributed by atoms with E-state index in [0.717, 1.165) is 45.0 Å². The third-order valence-electron chi connectivity index (χ3n) is 8.03. The van der Waals surface area contributed by atoms with Crippen molar-refractivity contribution in [3.63, 3.8) is 0 Å². The van der Waals surface area contributed by atoms with Gasteiger partial charge in [0.15, 0.2) is 0 Å². The molecule has 0 saturated heterocycles. The molecule has 0 aliphatic carbocycles. The Kier molecular flexibility index (Phi) is 11.3. The Balaban J connectivity index is 0.000000194. The molecule has 0 saturated carbocycles. The summed E-state index contributed by atoms with van der Waals surface area (Å²) in [7, 11) is 0. The first-order valence-corrected chi connectivity index (χ1v) is 16.2. The van der Waals surface area contributed by atoms with Crippen LogP contribution in [0.3, 0.4) is 0 Å². The van der Waals surface area contributed by atoms with Crippen LogP contribution < -0.4 is 10.6 Å². The Morgan fingerprint density at radius 3 is 1.60 bits per heavy atom. The predicted molar refractivity (Wildman–Crippen MR) is 196 cm³/mol. The van der Waals surface area contributed by atoms with Crippen LogP contribution >= 0.6 is 0 Å². The van der Waals surface area contributed by atoms with Gasteiger partial charge >= 0.3 is 5.97 Å². The molecule has 2 aromatic heterocycles. The van der Waals surface area contributed by atoms with Gasteiger partial charge in [-0.2, -0.15) is 0 Å². The van der Waals surface area contributed by atoms with Crippen molar-refractivity contribution >= 4 is 72.3 Å². The van der Waals surface area contributed by atoms with E-state index in [-0.39, 0.29) is 28.9 Å². The number of nitrogens with zero attached hydrogens (tertiary/aromatic N) is 4. The summed E-state index contributed by atoms with van der Waals surface area (Å²) in [5, 5.41) is 32.3. The number of carbonyl (C=O) groups excluding carboxylic acids is 1. The molecule has 4 aromatic carbocycles. The van der Waals surface area contributed by atoms with Gasteiger partial charge in [0, 0.05) is 49.5 Å². The lowest BCUT2D eigenvalue weighted by molar-refractivity contribution is -0.383. The van der Waals surface area contributed by atoms with Gasteiger partial charge in [-0.15, -0.1) is 0 Å². The lowest BCUT2D eigenvalue weighted by Gasteiger charge is -2.14. The summed E-state index contributed by atoms with van der Waals surface area (Å²) in [5.74, 6) is -0.368. The molecule has 2 N–H and O–H groups in total. The zero-order valence-corrected chi connectivity index (χ0v) is 28.3. The van der Waals surface area contributed by atoms with Crippen molar-refractivity contribution in [2.75, 3.05) is 43.5 Å². The molecule has 50 heavy (non-hydrogen) atoms. The number of nitrogens with one attached hydrogen (secondary N) is 2. The Morgan fingerprint density at radius 1 is 0.700 bits per heavy atom. The molecule has 0 fully saturated rings. The van der Waals surface area contributed by atoms with Gasteiger partial charge in [-0.05, 0) is 43.5 Å². The molecule has 0 aliphatic heterocycles. The fourth-order valence-electron chi connectivity index (χ4n) is 5.76. The number of fused-ring (bicyclic) bond motifs is 4. The first-order valence-electron chi connectivity index (χ1n) is 16.2. The second-order valence-corrected chi connectivity index (χ2v) is 11.6. The highest BCUT2D eigenvalue weighted by molar-refractivity contribution is 6.13. The molecule has 0 atom stereocenters. The molecule has 0 unspecified atom stereocenters. The average molecular weight is 679 g/mol. The van der Waals surface area contributed by atoms with Gasteiger partial charge in [0.05, 0.1) is 49.9 Å². The predicted octanol–water partition coefficient (Wildman–Crippen LogP) is 8.02. The van der Waals surface area contributed by atoms with E-state index in [1.54, 1.807) is 18.2 Å². The Labute approximate surface area is 287 Å². The zero-order chi connectivity index (χ0) is 35.8. The lowest BCUT2D eigenvalue weighted by atomic mass is 10.0. The maximum absolute atomic E-state index is 11.6. The van der Waals surface area contributed by atoms with Gasteiger partial charge in [-0.1, -0.05) is 55.5 Å². The number of carbonyl (C=O) groups is 1. The number of nitro benzene ring substituents is 2. The van der Waals surface area contributed by atoms with Crippen LogP contribution in [0, 0.1) is 34.1 Å². The summed E-state index contributed by atoms with van der Waals surface area (Å²) >= 11 is 0. The van der Waals surface area contributed by atoms with Crippen molar-refractivity contribution in [3.05, 3.63) is 104 Å². The highest BCUT2D eigenvalue weighted by Gasteiger charge is 2.22. The van der Waals surface area contributed by atoms with Crippen LogP contribution in [0.4, 0.5) is 22.7 Å². The number of aryl methyl sites for hydroxylation is 2. The molecule has 13 nitrogen and oxygen atoms in total. The number of rotatable bonds is 12. The fourth-order valence-corrected chi connectivity index (χ4v) is 5.76. The monoisotopic (exact) mass is 678 g/mol. The number of ether oxygens (including phenoxy) is 2. The van der Waals surface area contributed by atoms with Crippen LogP contribution in [0.2, 0.25) is 0 Å². The van der Waals surface area contributed by atoms with Crippen molar-refractivity contribution in [3.8, 4) is 0 Å². The second-order valence-electron chi connectivity index (χ2n) is 11.6. The summed E-state index contributed by atoms with van der Waals surface area (Å²) in [5.41, 5.74) is 6.01. The van der Waals surface area contributed by atoms with Gasteiger partial charge < -0.3 is 20.1 Å². The van der Waals surface area contributed by atoms with Gasteiger partial charge in [-0.25, -0.2) is 9.97 Å². The number of benzene rings is 4. The van der Waals surface area contributed by atoms with E-state index in [1.165, 1.54) is 13.0 Å². The summed E-state index contributed by atoms with van der Waals surface area (Å²) in [4.78, 5) is 42.5. The van der Waals surface area contributed by atoms with Crippen LogP contribution in [0.15, 0.2) is 72.8 Å². The highest BCUT2D eigenvalue weighted by atomic mass is 16.6. The van der Waals surface area contributed by atoms with E-state index >= 15 is 0 Å². The molecular formula is C37H38N6O7. The SMILES string of the molecule is CC(=O)OCCNc1c2ccccc2nc2c(C)ccc([N+](=O)[O-])c12.CCCOCCNc1c2ccccc2nc2c(C)ccc([N+](=O)[O-])c12. The maximum atomic E-state index is 11.6. The van der Waals surface area contributed by atoms with Crippen LogP contribution in [-0.2, 0) is 14.3 Å². The number of nitro groups is 2. The minimum absolute atomic E-state index is 0.00570. The number of pyridine rings is 2. The van der Waals surface area contributed by atoms with Crippen molar-refractivity contribution in [2.45, 2.75) is 34.1 Å². The van der Waals surface area contributed by atoms with E-state index in [1.807, 2.05) is 62.4 Å². The zero-order valence-electron chi connectivity index (χ0n) is 28.3. The van der Waals surface area contributed by atoms with E-state index in [9.17, 15) is 25.0 Å². The second kappa shape index (κ2) is 16.0. The molecular weight excluding hydrogens is 640 g/mol. The molecule has 258 valence electrons. The van der Waals surface area contributed by atoms with Crippen LogP contribution in [-0.4, -0.2) is 58.7 Å². The first-order chi connectivity index (χ1) is 24.1. The number of anilines is 2.